The Morgan fingerprint density at radius 1 is 0.983 bits per heavy atom. The lowest BCUT2D eigenvalue weighted by Crippen LogP contribution is -2.53. The van der Waals surface area contributed by atoms with Crippen LogP contribution in [-0.4, -0.2) is 51.6 Å². The number of benzene rings is 3. The zero-order valence-corrected chi connectivity index (χ0v) is 33.4. The Labute approximate surface area is 346 Å². The molecule has 6 atom stereocenters. The van der Waals surface area contributed by atoms with Crippen molar-refractivity contribution in [2.24, 2.45) is 23.7 Å². The van der Waals surface area contributed by atoms with Crippen LogP contribution in [0.1, 0.15) is 52.7 Å². The molecule has 58 heavy (non-hydrogen) atoms. The number of hydrazine groups is 1. The molecule has 4 amide bonds. The normalized spacial score (nSPS) is 25.3. The third kappa shape index (κ3) is 5.99. The summed E-state index contributed by atoms with van der Waals surface area (Å²) in [4.78, 5) is 75.9. The first-order valence-electron chi connectivity index (χ1n) is 17.9. The number of phenolic OH excluding ortho intramolecular Hbond substituents is 1. The molecule has 0 radical (unpaired) electrons. The average Bonchev–Trinajstić information content (AvgIpc) is 3.57. The molecule has 3 heterocycles. The number of fused-ring (bicyclic) bond motifs is 4. The number of methoxy groups -OCH3 is 1. The average molecular weight is 899 g/mol. The first-order chi connectivity index (χ1) is 27.5. The van der Waals surface area contributed by atoms with Crippen molar-refractivity contribution < 1.29 is 47.0 Å². The second-order valence-corrected chi connectivity index (χ2v) is 16.3. The van der Waals surface area contributed by atoms with E-state index >= 15 is 4.79 Å². The molecule has 298 valence electrons. The standard InChI is InChI=1S/C41H30BrCl2F3N4O7/c1-18(52)19-3-9-24(10-4-19)50-36(54)26-12-11-25-27(32(26)38(50)56)16-28-37(55)51(49-35-30(44)15-22(17-48-35)41(45,46)47)39(57)40(28,21-5-7-23(43)8-6-21)33(25)20-13-29(42)34(53)31(14-20)58-2/h3-11,13-15,17,26-28,32-33,53H,12,16H2,1-2H3,(H,48,49)/t26-,27+,28-,32-,33-,40+/m0/s1. The van der Waals surface area contributed by atoms with E-state index in [9.17, 15) is 37.5 Å². The van der Waals surface area contributed by atoms with Gasteiger partial charge in [0.05, 0.1) is 51.0 Å². The summed E-state index contributed by atoms with van der Waals surface area (Å²) in [6, 6.07) is 16.2. The zero-order chi connectivity index (χ0) is 41.6. The highest BCUT2D eigenvalue weighted by molar-refractivity contribution is 9.10. The summed E-state index contributed by atoms with van der Waals surface area (Å²) in [6.07, 6.45) is -2.43. The van der Waals surface area contributed by atoms with Crippen LogP contribution in [0.3, 0.4) is 0 Å². The van der Waals surface area contributed by atoms with Gasteiger partial charge in [-0.05, 0) is 107 Å². The molecule has 1 saturated carbocycles. The lowest BCUT2D eigenvalue weighted by atomic mass is 9.49. The van der Waals surface area contributed by atoms with Gasteiger partial charge in [-0.25, -0.2) is 4.98 Å². The van der Waals surface area contributed by atoms with Crippen LogP contribution in [0, 0.1) is 23.7 Å². The minimum Gasteiger partial charge on any atom is -0.503 e. The molecule has 0 bridgehead atoms. The number of allylic oxidation sites excluding steroid dienone is 2. The predicted molar refractivity (Wildman–Crippen MR) is 208 cm³/mol. The fourth-order valence-corrected chi connectivity index (χ4v) is 9.97. The summed E-state index contributed by atoms with van der Waals surface area (Å²) < 4.78 is 46.3. The van der Waals surface area contributed by atoms with Gasteiger partial charge in [-0.3, -0.25) is 34.3 Å². The van der Waals surface area contributed by atoms with E-state index in [1.807, 2.05) is 6.08 Å². The molecule has 0 unspecified atom stereocenters. The number of imide groups is 2. The summed E-state index contributed by atoms with van der Waals surface area (Å²) in [7, 11) is 1.34. The molecule has 8 rings (SSSR count). The maximum atomic E-state index is 15.4. The minimum atomic E-state index is -4.77. The zero-order valence-electron chi connectivity index (χ0n) is 30.3. The molecule has 3 aromatic carbocycles. The Balaban J connectivity index is 1.32. The number of carbonyl (C=O) groups is 5. The van der Waals surface area contributed by atoms with Gasteiger partial charge in [-0.1, -0.05) is 47.0 Å². The quantitative estimate of drug-likeness (QED) is 0.106. The summed E-state index contributed by atoms with van der Waals surface area (Å²) in [5.41, 5.74) is 1.64. The molecule has 2 aliphatic carbocycles. The van der Waals surface area contributed by atoms with Crippen molar-refractivity contribution in [1.29, 1.82) is 0 Å². The van der Waals surface area contributed by atoms with Crippen molar-refractivity contribution in [2.75, 3.05) is 17.4 Å². The number of amides is 4. The molecule has 2 aliphatic heterocycles. The molecule has 0 spiro atoms. The number of aromatic hydroxyl groups is 1. The predicted octanol–water partition coefficient (Wildman–Crippen LogP) is 8.28. The summed E-state index contributed by atoms with van der Waals surface area (Å²) in [6.45, 7) is 1.40. The number of pyridine rings is 1. The number of phenols is 1. The Kier molecular flexibility index (Phi) is 9.71. The number of ether oxygens (including phenoxy) is 1. The number of carbonyl (C=O) groups excluding carboxylic acids is 5. The minimum absolute atomic E-state index is 0.0309. The molecule has 4 aromatic rings. The highest BCUT2D eigenvalue weighted by Gasteiger charge is 2.70. The number of aromatic nitrogens is 1. The molecule has 17 heteroatoms. The van der Waals surface area contributed by atoms with Gasteiger partial charge in [0.1, 0.15) is 0 Å². The van der Waals surface area contributed by atoms with Crippen LogP contribution in [0.2, 0.25) is 10.0 Å². The number of ketones is 1. The first-order valence-corrected chi connectivity index (χ1v) is 19.4. The number of hydrogen-bond donors (Lipinski definition) is 2. The summed E-state index contributed by atoms with van der Waals surface area (Å²) >= 11 is 16.0. The maximum Gasteiger partial charge on any atom is 0.417 e. The largest absolute Gasteiger partial charge is 0.503 e. The van der Waals surface area contributed by atoms with E-state index in [-0.39, 0.29) is 40.3 Å². The van der Waals surface area contributed by atoms with Crippen molar-refractivity contribution in [2.45, 2.75) is 37.3 Å². The number of nitrogens with one attached hydrogen (secondary N) is 1. The number of nitrogens with zero attached hydrogens (tertiary/aromatic N) is 3. The molecular weight excluding hydrogens is 868 g/mol. The number of anilines is 2. The van der Waals surface area contributed by atoms with Gasteiger partial charge in [0.2, 0.25) is 11.8 Å². The first kappa shape index (κ1) is 39.6. The Morgan fingerprint density at radius 3 is 2.29 bits per heavy atom. The van der Waals surface area contributed by atoms with E-state index in [1.165, 1.54) is 44.4 Å². The van der Waals surface area contributed by atoms with Gasteiger partial charge >= 0.3 is 6.18 Å². The van der Waals surface area contributed by atoms with E-state index in [0.29, 0.717) is 44.6 Å². The maximum absolute atomic E-state index is 15.4. The molecule has 3 fully saturated rings. The van der Waals surface area contributed by atoms with E-state index in [0.717, 1.165) is 4.90 Å². The third-order valence-corrected chi connectivity index (χ3v) is 12.8. The van der Waals surface area contributed by atoms with Crippen molar-refractivity contribution >= 4 is 80.0 Å². The number of hydrogen-bond acceptors (Lipinski definition) is 9. The van der Waals surface area contributed by atoms with Gasteiger partial charge in [0.15, 0.2) is 23.1 Å². The van der Waals surface area contributed by atoms with E-state index < -0.39 is 81.2 Å². The SMILES string of the molecule is COc1cc([C@H]2C3=CC[C@@H]4C(=O)N(c5ccc(C(C)=O)cc5)C(=O)[C@@H]4[C@@H]3C[C@H]3C(=O)N(Nc4ncc(C(F)(F)F)cc4Cl)C(=O)[C@@]23c2ccc(Cl)cc2)cc(Br)c1O. The smallest absolute Gasteiger partial charge is 0.417 e. The van der Waals surface area contributed by atoms with Crippen molar-refractivity contribution in [3.05, 3.63) is 121 Å². The summed E-state index contributed by atoms with van der Waals surface area (Å²) in [5.74, 6) is -8.26. The second kappa shape index (κ2) is 14.2. The van der Waals surface area contributed by atoms with E-state index in [2.05, 4.69) is 26.3 Å². The van der Waals surface area contributed by atoms with Crippen LogP contribution in [-0.2, 0) is 30.8 Å². The van der Waals surface area contributed by atoms with Crippen molar-refractivity contribution in [3.63, 3.8) is 0 Å². The van der Waals surface area contributed by atoms with Crippen LogP contribution in [0.4, 0.5) is 24.7 Å². The Morgan fingerprint density at radius 2 is 1.67 bits per heavy atom. The number of rotatable bonds is 7. The van der Waals surface area contributed by atoms with Crippen LogP contribution in [0.5, 0.6) is 11.5 Å². The number of alkyl halides is 3. The van der Waals surface area contributed by atoms with Crippen LogP contribution in [0.25, 0.3) is 0 Å². The third-order valence-electron chi connectivity index (χ3n) is 11.7. The monoisotopic (exact) mass is 896 g/mol. The molecule has 11 nitrogen and oxygen atoms in total. The summed E-state index contributed by atoms with van der Waals surface area (Å²) in [5, 5.41) is 11.4. The lowest BCUT2D eigenvalue weighted by molar-refractivity contribution is -0.139. The van der Waals surface area contributed by atoms with Crippen LogP contribution in [0.15, 0.2) is 89.0 Å². The number of Topliss-reactive ketones (excluding diaryl/α,β-unsaturated/α-hetero) is 1. The van der Waals surface area contributed by atoms with Gasteiger partial charge in [0, 0.05) is 22.7 Å². The van der Waals surface area contributed by atoms with Gasteiger partial charge in [-0.15, -0.1) is 0 Å². The molecule has 2 N–H and O–H groups in total. The topological polar surface area (TPSA) is 146 Å². The van der Waals surface area contributed by atoms with Gasteiger partial charge in [-0.2, -0.15) is 18.2 Å². The highest BCUT2D eigenvalue weighted by atomic mass is 79.9. The van der Waals surface area contributed by atoms with Gasteiger partial charge < -0.3 is 9.84 Å². The van der Waals surface area contributed by atoms with Crippen LogP contribution >= 0.6 is 39.1 Å². The fourth-order valence-electron chi connectivity index (χ4n) is 9.17. The lowest BCUT2D eigenvalue weighted by Gasteiger charge is -2.50. The Bertz CT molecular complexity index is 2480. The van der Waals surface area contributed by atoms with Crippen molar-refractivity contribution in [1.82, 2.24) is 9.99 Å². The second-order valence-electron chi connectivity index (χ2n) is 14.6. The van der Waals surface area contributed by atoms with E-state index in [4.69, 9.17) is 27.9 Å². The molecule has 2 saturated heterocycles. The molecular formula is C41H30BrCl2F3N4O7. The molecule has 4 aliphatic rings. The van der Waals surface area contributed by atoms with Crippen LogP contribution < -0.4 is 15.1 Å². The van der Waals surface area contributed by atoms with Crippen molar-refractivity contribution in [3.8, 4) is 11.5 Å². The molecule has 1 aromatic heterocycles. The fraction of sp³-hybridized carbons (Fsp3) is 0.268. The van der Waals surface area contributed by atoms with Gasteiger partial charge in [0.25, 0.3) is 11.8 Å². The highest BCUT2D eigenvalue weighted by Crippen LogP contribution is 2.65. The number of halogens is 6. The van der Waals surface area contributed by atoms with E-state index in [1.54, 1.807) is 30.3 Å². The Hall–Kier alpha value is -5.25.